The van der Waals surface area contributed by atoms with Crippen LogP contribution in [0.25, 0.3) is 0 Å². The van der Waals surface area contributed by atoms with Crippen molar-refractivity contribution in [3.63, 3.8) is 0 Å². The van der Waals surface area contributed by atoms with Crippen LogP contribution in [0.4, 0.5) is 4.79 Å². The predicted octanol–water partition coefficient (Wildman–Crippen LogP) is 0.812. The summed E-state index contributed by atoms with van der Waals surface area (Å²) in [4.78, 5) is 34.2. The summed E-state index contributed by atoms with van der Waals surface area (Å²) in [6.07, 6.45) is 0.867. The third kappa shape index (κ3) is 20.8. The molecule has 0 heterocycles. The van der Waals surface area contributed by atoms with Crippen molar-refractivity contribution >= 4 is 18.0 Å². The van der Waals surface area contributed by atoms with Crippen molar-refractivity contribution in [3.8, 4) is 0 Å². The molecule has 11 nitrogen and oxygen atoms in total. The van der Waals surface area contributed by atoms with E-state index in [0.29, 0.717) is 65.6 Å². The van der Waals surface area contributed by atoms with E-state index in [1.165, 1.54) is 4.90 Å². The first-order valence-corrected chi connectivity index (χ1v) is 9.96. The number of carbonyl (C=O) groups is 3. The first-order valence-electron chi connectivity index (χ1n) is 9.96. The Morgan fingerprint density at radius 2 is 1.30 bits per heavy atom. The van der Waals surface area contributed by atoms with Crippen LogP contribution >= 0.6 is 0 Å². The van der Waals surface area contributed by atoms with Crippen molar-refractivity contribution in [2.24, 2.45) is 0 Å². The van der Waals surface area contributed by atoms with E-state index in [2.05, 4.69) is 5.32 Å². The molecule has 0 saturated carbocycles. The topological polar surface area (TPSA) is 144 Å². The van der Waals surface area contributed by atoms with Gasteiger partial charge >= 0.3 is 18.0 Å². The highest BCUT2D eigenvalue weighted by molar-refractivity contribution is 5.72. The van der Waals surface area contributed by atoms with Crippen LogP contribution in [0.3, 0.4) is 0 Å². The third-order valence-electron chi connectivity index (χ3n) is 3.39. The maximum Gasteiger partial charge on any atom is 0.407 e. The van der Waals surface area contributed by atoms with Gasteiger partial charge in [-0.1, -0.05) is 0 Å². The smallest absolute Gasteiger partial charge is 0.407 e. The first kappa shape index (κ1) is 28.1. The Morgan fingerprint density at radius 3 is 1.80 bits per heavy atom. The molecule has 0 aliphatic carbocycles. The second-order valence-electron chi connectivity index (χ2n) is 7.47. The summed E-state index contributed by atoms with van der Waals surface area (Å²) < 4.78 is 21.2. The van der Waals surface area contributed by atoms with Gasteiger partial charge in [0.05, 0.1) is 46.1 Å². The van der Waals surface area contributed by atoms with Crippen molar-refractivity contribution in [2.45, 2.75) is 39.2 Å². The molecular weight excluding hydrogens is 400 g/mol. The number of carboxylic acids is 2. The average molecular weight is 437 g/mol. The fourth-order valence-corrected chi connectivity index (χ4v) is 2.22. The van der Waals surface area contributed by atoms with Gasteiger partial charge in [-0.15, -0.1) is 0 Å². The Hall–Kier alpha value is -1.95. The van der Waals surface area contributed by atoms with Gasteiger partial charge in [0, 0.05) is 13.2 Å². The summed E-state index contributed by atoms with van der Waals surface area (Å²) in [6, 6.07) is 0. The summed E-state index contributed by atoms with van der Waals surface area (Å²) in [5.74, 6) is -2.10. The van der Waals surface area contributed by atoms with Crippen molar-refractivity contribution in [3.05, 3.63) is 0 Å². The molecule has 0 radical (unpaired) electrons. The zero-order valence-electron chi connectivity index (χ0n) is 18.2. The van der Waals surface area contributed by atoms with Crippen LogP contribution in [0.2, 0.25) is 0 Å². The van der Waals surface area contributed by atoms with Crippen LogP contribution in [0.15, 0.2) is 0 Å². The van der Waals surface area contributed by atoms with Crippen molar-refractivity contribution in [2.75, 3.05) is 65.8 Å². The molecule has 0 rings (SSSR count). The zero-order chi connectivity index (χ0) is 22.8. The Labute approximate surface area is 177 Å². The molecule has 0 aromatic heterocycles. The SMILES string of the molecule is CC(C)(C)OC(=O)NCCOCCOCCOCCCCN(CC(=O)O)CC(=O)O. The van der Waals surface area contributed by atoms with E-state index in [4.69, 9.17) is 29.2 Å². The van der Waals surface area contributed by atoms with Crippen molar-refractivity contribution < 1.29 is 43.5 Å². The van der Waals surface area contributed by atoms with Gasteiger partial charge in [-0.2, -0.15) is 0 Å². The van der Waals surface area contributed by atoms with Gasteiger partial charge in [0.2, 0.25) is 0 Å². The number of ether oxygens (including phenoxy) is 4. The molecule has 0 aliphatic heterocycles. The number of hydrogen-bond acceptors (Lipinski definition) is 8. The molecule has 30 heavy (non-hydrogen) atoms. The second kappa shape index (κ2) is 16.8. The normalized spacial score (nSPS) is 11.5. The monoisotopic (exact) mass is 436 g/mol. The van der Waals surface area contributed by atoms with Crippen LogP contribution in [0, 0.1) is 0 Å². The molecule has 0 unspecified atom stereocenters. The average Bonchev–Trinajstić information content (AvgIpc) is 2.59. The van der Waals surface area contributed by atoms with Gasteiger partial charge in [0.15, 0.2) is 0 Å². The molecule has 0 saturated heterocycles. The Kier molecular flexibility index (Phi) is 15.7. The summed E-state index contributed by atoms with van der Waals surface area (Å²) in [6.45, 7) is 8.05. The molecule has 11 heteroatoms. The molecule has 1 amide bonds. The van der Waals surface area contributed by atoms with Gasteiger partial charge in [0.25, 0.3) is 0 Å². The number of unbranched alkanes of at least 4 members (excludes halogenated alkanes) is 1. The zero-order valence-corrected chi connectivity index (χ0v) is 18.2. The van der Waals surface area contributed by atoms with E-state index in [0.717, 1.165) is 0 Å². The fraction of sp³-hybridized carbons (Fsp3) is 0.842. The van der Waals surface area contributed by atoms with E-state index >= 15 is 0 Å². The maximum atomic E-state index is 11.4. The minimum Gasteiger partial charge on any atom is -0.480 e. The van der Waals surface area contributed by atoms with Gasteiger partial charge in [0.1, 0.15) is 5.60 Å². The van der Waals surface area contributed by atoms with E-state index in [1.807, 2.05) is 0 Å². The Balaban J connectivity index is 3.43. The molecule has 0 atom stereocenters. The molecule has 0 aromatic carbocycles. The molecule has 0 bridgehead atoms. The summed E-state index contributed by atoms with van der Waals surface area (Å²) in [5.41, 5.74) is -0.526. The number of alkyl carbamates (subject to hydrolysis) is 1. The minimum atomic E-state index is -1.05. The van der Waals surface area contributed by atoms with E-state index in [1.54, 1.807) is 20.8 Å². The quantitative estimate of drug-likeness (QED) is 0.264. The third-order valence-corrected chi connectivity index (χ3v) is 3.39. The largest absolute Gasteiger partial charge is 0.480 e. The number of amides is 1. The number of aliphatic carboxylic acids is 2. The maximum absolute atomic E-state index is 11.4. The van der Waals surface area contributed by atoms with Crippen molar-refractivity contribution in [1.29, 1.82) is 0 Å². The van der Waals surface area contributed by atoms with E-state index in [-0.39, 0.29) is 13.1 Å². The predicted molar refractivity (Wildman–Crippen MR) is 108 cm³/mol. The van der Waals surface area contributed by atoms with Crippen LogP contribution in [-0.2, 0) is 28.5 Å². The van der Waals surface area contributed by atoms with Crippen LogP contribution in [0.5, 0.6) is 0 Å². The number of carboxylic acid groups (broad SMARTS) is 2. The molecule has 176 valence electrons. The van der Waals surface area contributed by atoms with Gasteiger partial charge in [-0.25, -0.2) is 4.79 Å². The Bertz CT molecular complexity index is 479. The number of nitrogens with zero attached hydrogens (tertiary/aromatic N) is 1. The minimum absolute atomic E-state index is 0.292. The lowest BCUT2D eigenvalue weighted by atomic mass is 10.2. The fourth-order valence-electron chi connectivity index (χ4n) is 2.22. The lowest BCUT2D eigenvalue weighted by Crippen LogP contribution is -2.35. The molecule has 0 fully saturated rings. The lowest BCUT2D eigenvalue weighted by molar-refractivity contribution is -0.141. The van der Waals surface area contributed by atoms with Gasteiger partial charge < -0.3 is 34.5 Å². The second-order valence-corrected chi connectivity index (χ2v) is 7.47. The molecule has 0 aromatic rings. The molecule has 0 aliphatic rings. The van der Waals surface area contributed by atoms with Crippen LogP contribution < -0.4 is 5.32 Å². The standard InChI is InChI=1S/C19H36N2O9/c1-19(2,3)30-18(26)20-6-9-28-11-13-29-12-10-27-8-5-4-7-21(14-16(22)23)15-17(24)25/h4-15H2,1-3H3,(H,20,26)(H,22,23)(H,24,25). The highest BCUT2D eigenvalue weighted by Gasteiger charge is 2.15. The highest BCUT2D eigenvalue weighted by Crippen LogP contribution is 2.06. The summed E-state index contributed by atoms with van der Waals surface area (Å²) >= 11 is 0. The summed E-state index contributed by atoms with van der Waals surface area (Å²) in [7, 11) is 0. The van der Waals surface area contributed by atoms with Crippen LogP contribution in [-0.4, -0.2) is 105 Å². The molecule has 3 N–H and O–H groups in total. The van der Waals surface area contributed by atoms with Crippen molar-refractivity contribution in [1.82, 2.24) is 10.2 Å². The van der Waals surface area contributed by atoms with Crippen LogP contribution in [0.1, 0.15) is 33.6 Å². The number of rotatable bonds is 18. The number of nitrogens with one attached hydrogen (secondary N) is 1. The first-order chi connectivity index (χ1) is 14.1. The molecular formula is C19H36N2O9. The summed E-state index contributed by atoms with van der Waals surface area (Å²) in [5, 5.41) is 20.1. The lowest BCUT2D eigenvalue weighted by Gasteiger charge is -2.19. The Morgan fingerprint density at radius 1 is 0.800 bits per heavy atom. The van der Waals surface area contributed by atoms with Gasteiger partial charge in [-0.05, 0) is 40.2 Å². The van der Waals surface area contributed by atoms with Gasteiger partial charge in [-0.3, -0.25) is 14.5 Å². The number of hydrogen-bond donors (Lipinski definition) is 3. The van der Waals surface area contributed by atoms with E-state index in [9.17, 15) is 14.4 Å². The number of carbonyl (C=O) groups excluding carboxylic acids is 1. The highest BCUT2D eigenvalue weighted by atomic mass is 16.6. The van der Waals surface area contributed by atoms with E-state index < -0.39 is 23.6 Å². The molecule has 0 spiro atoms.